The van der Waals surface area contributed by atoms with Crippen LogP contribution in [0.1, 0.15) is 20.3 Å². The lowest BCUT2D eigenvalue weighted by atomic mass is 10.3. The Morgan fingerprint density at radius 3 is 2.79 bits per heavy atom. The van der Waals surface area contributed by atoms with E-state index in [0.29, 0.717) is 12.6 Å². The molecule has 0 spiro atoms. The van der Waals surface area contributed by atoms with E-state index >= 15 is 0 Å². The second-order valence-corrected chi connectivity index (χ2v) is 4.17. The summed E-state index contributed by atoms with van der Waals surface area (Å²) in [6.07, 6.45) is 1.06. The summed E-state index contributed by atoms with van der Waals surface area (Å²) in [6, 6.07) is 0.586. The fourth-order valence-electron chi connectivity index (χ4n) is 1.47. The van der Waals surface area contributed by atoms with E-state index in [1.807, 2.05) is 4.90 Å². The van der Waals surface area contributed by atoms with Gasteiger partial charge in [0.1, 0.15) is 0 Å². The standard InChI is InChI=1S/C10H21N3O/c1-9(2)12(3)5-4-6-13-8-11-7-10(13)14/h9,11H,4-8H2,1-3H3. The predicted molar refractivity (Wildman–Crippen MR) is 57.0 cm³/mol. The summed E-state index contributed by atoms with van der Waals surface area (Å²) in [5.41, 5.74) is 0. The van der Waals surface area contributed by atoms with Crippen LogP contribution >= 0.6 is 0 Å². The molecule has 4 nitrogen and oxygen atoms in total. The molecule has 82 valence electrons. The molecule has 0 atom stereocenters. The monoisotopic (exact) mass is 199 g/mol. The van der Waals surface area contributed by atoms with Gasteiger partial charge in [0.15, 0.2) is 0 Å². The molecule has 0 unspecified atom stereocenters. The van der Waals surface area contributed by atoms with Crippen LogP contribution in [0.25, 0.3) is 0 Å². The summed E-state index contributed by atoms with van der Waals surface area (Å²) in [7, 11) is 2.12. The third kappa shape index (κ3) is 3.27. The zero-order valence-electron chi connectivity index (χ0n) is 9.42. The maximum atomic E-state index is 11.2. The Morgan fingerprint density at radius 2 is 2.29 bits per heavy atom. The van der Waals surface area contributed by atoms with Crippen LogP contribution in [0.15, 0.2) is 0 Å². The molecule has 1 fully saturated rings. The minimum atomic E-state index is 0.234. The average molecular weight is 199 g/mol. The van der Waals surface area contributed by atoms with Crippen LogP contribution in [0.5, 0.6) is 0 Å². The van der Waals surface area contributed by atoms with Gasteiger partial charge in [0.05, 0.1) is 13.2 Å². The predicted octanol–water partition coefficient (Wildman–Crippen LogP) is 0.106. The van der Waals surface area contributed by atoms with E-state index < -0.39 is 0 Å². The molecule has 0 aliphatic carbocycles. The van der Waals surface area contributed by atoms with E-state index in [9.17, 15) is 4.79 Å². The molecule has 4 heteroatoms. The topological polar surface area (TPSA) is 35.6 Å². The summed E-state index contributed by atoms with van der Waals surface area (Å²) in [6.45, 7) is 7.54. The maximum absolute atomic E-state index is 11.2. The van der Waals surface area contributed by atoms with Gasteiger partial charge in [0.25, 0.3) is 0 Å². The number of amides is 1. The first-order chi connectivity index (χ1) is 6.61. The summed E-state index contributed by atoms with van der Waals surface area (Å²) in [5, 5.41) is 3.05. The molecular formula is C10H21N3O. The number of hydrogen-bond acceptors (Lipinski definition) is 3. The zero-order chi connectivity index (χ0) is 10.6. The normalized spacial score (nSPS) is 17.5. The number of carbonyl (C=O) groups is 1. The highest BCUT2D eigenvalue weighted by Gasteiger charge is 2.18. The molecule has 0 radical (unpaired) electrons. The van der Waals surface area contributed by atoms with Gasteiger partial charge in [0, 0.05) is 12.6 Å². The van der Waals surface area contributed by atoms with Crippen LogP contribution in [0.2, 0.25) is 0 Å². The van der Waals surface area contributed by atoms with Gasteiger partial charge < -0.3 is 9.80 Å². The zero-order valence-corrected chi connectivity index (χ0v) is 9.42. The SMILES string of the molecule is CC(C)N(C)CCCN1CNCC1=O. The maximum Gasteiger partial charge on any atom is 0.237 e. The summed E-state index contributed by atoms with van der Waals surface area (Å²) < 4.78 is 0. The Bertz CT molecular complexity index is 194. The molecule has 0 saturated carbocycles. The van der Waals surface area contributed by atoms with Gasteiger partial charge >= 0.3 is 0 Å². The fourth-order valence-corrected chi connectivity index (χ4v) is 1.47. The van der Waals surface area contributed by atoms with E-state index in [0.717, 1.165) is 26.2 Å². The highest BCUT2D eigenvalue weighted by Crippen LogP contribution is 2.00. The van der Waals surface area contributed by atoms with Gasteiger partial charge in [-0.15, -0.1) is 0 Å². The Morgan fingerprint density at radius 1 is 1.57 bits per heavy atom. The lowest BCUT2D eigenvalue weighted by Gasteiger charge is -2.22. The largest absolute Gasteiger partial charge is 0.329 e. The molecule has 1 aliphatic heterocycles. The molecule has 0 aromatic heterocycles. The summed E-state index contributed by atoms with van der Waals surface area (Å²) in [4.78, 5) is 15.4. The van der Waals surface area contributed by atoms with Crippen molar-refractivity contribution in [2.45, 2.75) is 26.3 Å². The van der Waals surface area contributed by atoms with Crippen LogP contribution in [-0.4, -0.2) is 55.1 Å². The highest BCUT2D eigenvalue weighted by molar-refractivity contribution is 5.79. The molecule has 1 amide bonds. The van der Waals surface area contributed by atoms with Crippen molar-refractivity contribution in [3.05, 3.63) is 0 Å². The van der Waals surface area contributed by atoms with E-state index in [4.69, 9.17) is 0 Å². The van der Waals surface area contributed by atoms with Gasteiger partial charge in [-0.3, -0.25) is 10.1 Å². The van der Waals surface area contributed by atoms with Crippen molar-refractivity contribution in [2.75, 3.05) is 33.4 Å². The lowest BCUT2D eigenvalue weighted by molar-refractivity contribution is -0.126. The van der Waals surface area contributed by atoms with E-state index in [1.54, 1.807) is 0 Å². The van der Waals surface area contributed by atoms with Crippen molar-refractivity contribution in [1.29, 1.82) is 0 Å². The minimum absolute atomic E-state index is 0.234. The van der Waals surface area contributed by atoms with E-state index in [2.05, 4.69) is 31.1 Å². The molecule has 1 aliphatic rings. The first-order valence-corrected chi connectivity index (χ1v) is 5.30. The average Bonchev–Trinajstić information content (AvgIpc) is 2.51. The van der Waals surface area contributed by atoms with Crippen LogP contribution in [0.4, 0.5) is 0 Å². The molecule has 1 saturated heterocycles. The van der Waals surface area contributed by atoms with Gasteiger partial charge in [-0.05, 0) is 33.9 Å². The van der Waals surface area contributed by atoms with Gasteiger partial charge in [-0.1, -0.05) is 0 Å². The van der Waals surface area contributed by atoms with Gasteiger partial charge in [-0.25, -0.2) is 0 Å². The fraction of sp³-hybridized carbons (Fsp3) is 0.900. The third-order valence-electron chi connectivity index (χ3n) is 2.75. The lowest BCUT2D eigenvalue weighted by Crippen LogP contribution is -2.32. The van der Waals surface area contributed by atoms with Crippen molar-refractivity contribution in [3.8, 4) is 0 Å². The minimum Gasteiger partial charge on any atom is -0.329 e. The molecule has 1 heterocycles. The number of nitrogens with zero attached hydrogens (tertiary/aromatic N) is 2. The number of carbonyl (C=O) groups excluding carboxylic acids is 1. The Balaban J connectivity index is 2.12. The van der Waals surface area contributed by atoms with Crippen molar-refractivity contribution in [3.63, 3.8) is 0 Å². The highest BCUT2D eigenvalue weighted by atomic mass is 16.2. The molecule has 0 aromatic rings. The number of nitrogens with one attached hydrogen (secondary N) is 1. The van der Waals surface area contributed by atoms with Crippen LogP contribution in [0.3, 0.4) is 0 Å². The smallest absolute Gasteiger partial charge is 0.237 e. The molecule has 1 N–H and O–H groups in total. The first-order valence-electron chi connectivity index (χ1n) is 5.30. The molecule has 14 heavy (non-hydrogen) atoms. The molecular weight excluding hydrogens is 178 g/mol. The van der Waals surface area contributed by atoms with E-state index in [1.165, 1.54) is 0 Å². The molecule has 1 rings (SSSR count). The van der Waals surface area contributed by atoms with Gasteiger partial charge in [-0.2, -0.15) is 0 Å². The van der Waals surface area contributed by atoms with Crippen molar-refractivity contribution in [1.82, 2.24) is 15.1 Å². The molecule has 0 aromatic carbocycles. The summed E-state index contributed by atoms with van der Waals surface area (Å²) >= 11 is 0. The number of rotatable bonds is 5. The van der Waals surface area contributed by atoms with Crippen molar-refractivity contribution in [2.24, 2.45) is 0 Å². The van der Waals surface area contributed by atoms with Crippen LogP contribution in [-0.2, 0) is 4.79 Å². The molecule has 0 bridgehead atoms. The second-order valence-electron chi connectivity index (χ2n) is 4.17. The van der Waals surface area contributed by atoms with Crippen molar-refractivity contribution >= 4 is 5.91 Å². The Kier molecular flexibility index (Phi) is 4.35. The van der Waals surface area contributed by atoms with Crippen LogP contribution < -0.4 is 5.32 Å². The first kappa shape index (κ1) is 11.5. The van der Waals surface area contributed by atoms with Crippen molar-refractivity contribution < 1.29 is 4.79 Å². The second kappa shape index (κ2) is 5.32. The Hall–Kier alpha value is -0.610. The van der Waals surface area contributed by atoms with Gasteiger partial charge in [0.2, 0.25) is 5.91 Å². The summed E-state index contributed by atoms with van der Waals surface area (Å²) in [5.74, 6) is 0.234. The van der Waals surface area contributed by atoms with E-state index in [-0.39, 0.29) is 5.91 Å². The Labute approximate surface area is 86.2 Å². The third-order valence-corrected chi connectivity index (χ3v) is 2.75. The number of hydrogen-bond donors (Lipinski definition) is 1. The van der Waals surface area contributed by atoms with Crippen LogP contribution in [0, 0.1) is 0 Å². The quantitative estimate of drug-likeness (QED) is 0.682.